The highest BCUT2D eigenvalue weighted by molar-refractivity contribution is 5.99. The molecule has 0 fully saturated rings. The van der Waals surface area contributed by atoms with Crippen LogP contribution in [-0.4, -0.2) is 43.3 Å². The first-order valence-corrected chi connectivity index (χ1v) is 9.30. The Hall–Kier alpha value is -2.60. The third-order valence-electron chi connectivity index (χ3n) is 4.55. The molecular weight excluding hydrogens is 358 g/mol. The van der Waals surface area contributed by atoms with E-state index in [1.165, 1.54) is 0 Å². The Kier molecular flexibility index (Phi) is 7.40. The van der Waals surface area contributed by atoms with Gasteiger partial charge in [0, 0.05) is 24.1 Å². The highest BCUT2D eigenvalue weighted by Gasteiger charge is 2.20. The van der Waals surface area contributed by atoms with Crippen molar-refractivity contribution in [1.29, 1.82) is 0 Å². The van der Waals surface area contributed by atoms with Gasteiger partial charge in [0.2, 0.25) is 5.78 Å². The molecule has 1 aromatic heterocycles. The fourth-order valence-corrected chi connectivity index (χ4v) is 3.48. The van der Waals surface area contributed by atoms with Crippen LogP contribution in [0.5, 0.6) is 5.75 Å². The minimum Gasteiger partial charge on any atom is -0.482 e. The SMILES string of the molecule is COC[C@@H](C)n1c(C)cc(C(=O)COC(=O)COc2cc(C)cc(C)c2)c1C. The third kappa shape index (κ3) is 5.45. The van der Waals surface area contributed by atoms with Crippen LogP contribution in [0.15, 0.2) is 24.3 Å². The van der Waals surface area contributed by atoms with Gasteiger partial charge in [0.25, 0.3) is 0 Å². The second-order valence-corrected chi connectivity index (χ2v) is 7.16. The maximum atomic E-state index is 12.5. The van der Waals surface area contributed by atoms with Crippen molar-refractivity contribution in [2.24, 2.45) is 0 Å². The molecule has 0 saturated heterocycles. The summed E-state index contributed by atoms with van der Waals surface area (Å²) in [5.74, 6) is -0.200. The lowest BCUT2D eigenvalue weighted by molar-refractivity contribution is -0.144. The minimum absolute atomic E-state index is 0.111. The normalized spacial score (nSPS) is 11.9. The number of benzene rings is 1. The van der Waals surface area contributed by atoms with Gasteiger partial charge >= 0.3 is 5.97 Å². The summed E-state index contributed by atoms with van der Waals surface area (Å²) in [4.78, 5) is 24.5. The summed E-state index contributed by atoms with van der Waals surface area (Å²) in [5.41, 5.74) is 4.47. The number of carbonyl (C=O) groups is 2. The first-order chi connectivity index (χ1) is 13.2. The van der Waals surface area contributed by atoms with E-state index in [1.54, 1.807) is 7.11 Å². The molecule has 0 N–H and O–H groups in total. The fourth-order valence-electron chi connectivity index (χ4n) is 3.48. The number of methoxy groups -OCH3 is 1. The second kappa shape index (κ2) is 9.55. The molecule has 0 aliphatic carbocycles. The first kappa shape index (κ1) is 21.7. The fraction of sp³-hybridized carbons (Fsp3) is 0.455. The lowest BCUT2D eigenvalue weighted by Crippen LogP contribution is -2.20. The topological polar surface area (TPSA) is 66.8 Å². The summed E-state index contributed by atoms with van der Waals surface area (Å²) >= 11 is 0. The number of hydrogen-bond donors (Lipinski definition) is 0. The van der Waals surface area contributed by atoms with E-state index in [9.17, 15) is 9.59 Å². The van der Waals surface area contributed by atoms with Crippen LogP contribution in [0.3, 0.4) is 0 Å². The van der Waals surface area contributed by atoms with Crippen LogP contribution in [0.25, 0.3) is 0 Å². The molecule has 1 aromatic carbocycles. The molecule has 0 spiro atoms. The molecule has 1 heterocycles. The van der Waals surface area contributed by atoms with Crippen LogP contribution in [0.1, 0.15) is 45.8 Å². The maximum absolute atomic E-state index is 12.5. The van der Waals surface area contributed by atoms with E-state index in [0.717, 1.165) is 22.5 Å². The zero-order chi connectivity index (χ0) is 20.8. The Bertz CT molecular complexity index is 833. The number of ether oxygens (including phenoxy) is 3. The van der Waals surface area contributed by atoms with Crippen molar-refractivity contribution in [2.75, 3.05) is 26.9 Å². The van der Waals surface area contributed by atoms with Crippen molar-refractivity contribution < 1.29 is 23.8 Å². The van der Waals surface area contributed by atoms with Crippen molar-refractivity contribution >= 4 is 11.8 Å². The molecule has 1 atom stereocenters. The molecular formula is C22H29NO5. The van der Waals surface area contributed by atoms with Gasteiger partial charge in [-0.1, -0.05) is 6.07 Å². The molecule has 0 aliphatic rings. The Balaban J connectivity index is 1.93. The van der Waals surface area contributed by atoms with E-state index in [2.05, 4.69) is 4.57 Å². The number of ketones is 1. The van der Waals surface area contributed by atoms with Crippen LogP contribution in [0, 0.1) is 27.7 Å². The molecule has 0 unspecified atom stereocenters. The summed E-state index contributed by atoms with van der Waals surface area (Å²) in [5, 5.41) is 0. The van der Waals surface area contributed by atoms with Crippen LogP contribution in [0.4, 0.5) is 0 Å². The number of aryl methyl sites for hydroxylation is 3. The highest BCUT2D eigenvalue weighted by Crippen LogP contribution is 2.21. The quantitative estimate of drug-likeness (QED) is 0.484. The van der Waals surface area contributed by atoms with Crippen molar-refractivity contribution in [1.82, 2.24) is 4.57 Å². The molecule has 2 aromatic rings. The smallest absolute Gasteiger partial charge is 0.344 e. The number of aromatic nitrogens is 1. The monoisotopic (exact) mass is 387 g/mol. The summed E-state index contributed by atoms with van der Waals surface area (Å²) < 4.78 is 17.8. The Morgan fingerprint density at radius 2 is 1.64 bits per heavy atom. The number of hydrogen-bond acceptors (Lipinski definition) is 5. The number of esters is 1. The predicted octanol–water partition coefficient (Wildman–Crippen LogP) is 3.73. The van der Waals surface area contributed by atoms with Crippen LogP contribution in [-0.2, 0) is 14.3 Å². The molecule has 6 nitrogen and oxygen atoms in total. The summed E-state index contributed by atoms with van der Waals surface area (Å²) in [6, 6.07) is 7.65. The predicted molar refractivity (Wildman–Crippen MR) is 107 cm³/mol. The van der Waals surface area contributed by atoms with Crippen LogP contribution in [0.2, 0.25) is 0 Å². The Morgan fingerprint density at radius 3 is 2.25 bits per heavy atom. The van der Waals surface area contributed by atoms with E-state index in [4.69, 9.17) is 14.2 Å². The molecule has 0 radical (unpaired) electrons. The molecule has 0 aliphatic heterocycles. The lowest BCUT2D eigenvalue weighted by Gasteiger charge is -2.17. The van der Waals surface area contributed by atoms with Gasteiger partial charge in [0.05, 0.1) is 12.6 Å². The van der Waals surface area contributed by atoms with Gasteiger partial charge < -0.3 is 18.8 Å². The molecule has 6 heteroatoms. The van der Waals surface area contributed by atoms with Gasteiger partial charge in [-0.2, -0.15) is 0 Å². The van der Waals surface area contributed by atoms with Gasteiger partial charge in [-0.3, -0.25) is 4.79 Å². The van der Waals surface area contributed by atoms with Gasteiger partial charge in [0.1, 0.15) is 5.75 Å². The van der Waals surface area contributed by atoms with Gasteiger partial charge in [0.15, 0.2) is 13.2 Å². The zero-order valence-electron chi connectivity index (χ0n) is 17.5. The van der Waals surface area contributed by atoms with Crippen molar-refractivity contribution in [3.63, 3.8) is 0 Å². The van der Waals surface area contributed by atoms with E-state index in [-0.39, 0.29) is 25.0 Å². The van der Waals surface area contributed by atoms with E-state index in [1.807, 2.05) is 58.9 Å². The summed E-state index contributed by atoms with van der Waals surface area (Å²) in [6.45, 7) is 9.79. The largest absolute Gasteiger partial charge is 0.482 e. The maximum Gasteiger partial charge on any atom is 0.344 e. The van der Waals surface area contributed by atoms with Gasteiger partial charge in [-0.25, -0.2) is 4.79 Å². The van der Waals surface area contributed by atoms with Gasteiger partial charge in [-0.15, -0.1) is 0 Å². The minimum atomic E-state index is -0.575. The van der Waals surface area contributed by atoms with Crippen LogP contribution < -0.4 is 4.74 Å². The Labute approximate surface area is 166 Å². The second-order valence-electron chi connectivity index (χ2n) is 7.16. The number of Topliss-reactive ketones (excluding diaryl/α,β-unsaturated/α-hetero) is 1. The van der Waals surface area contributed by atoms with E-state index in [0.29, 0.717) is 17.9 Å². The van der Waals surface area contributed by atoms with Crippen molar-refractivity contribution in [2.45, 2.75) is 40.7 Å². The van der Waals surface area contributed by atoms with Crippen molar-refractivity contribution in [3.8, 4) is 5.75 Å². The number of carbonyl (C=O) groups excluding carboxylic acids is 2. The molecule has 2 rings (SSSR count). The number of rotatable bonds is 9. The molecule has 152 valence electrons. The average Bonchev–Trinajstić information content (AvgIpc) is 2.91. The van der Waals surface area contributed by atoms with E-state index >= 15 is 0 Å². The molecule has 0 amide bonds. The van der Waals surface area contributed by atoms with Gasteiger partial charge in [-0.05, 0) is 63.9 Å². The van der Waals surface area contributed by atoms with E-state index < -0.39 is 5.97 Å². The van der Waals surface area contributed by atoms with Crippen molar-refractivity contribution in [3.05, 3.63) is 52.3 Å². The highest BCUT2D eigenvalue weighted by atomic mass is 16.6. The average molecular weight is 387 g/mol. The summed E-state index contributed by atoms with van der Waals surface area (Å²) in [6.07, 6.45) is 0. The number of nitrogens with zero attached hydrogens (tertiary/aromatic N) is 1. The molecule has 28 heavy (non-hydrogen) atoms. The lowest BCUT2D eigenvalue weighted by atomic mass is 10.1. The molecule has 0 bridgehead atoms. The first-order valence-electron chi connectivity index (χ1n) is 9.30. The standard InChI is InChI=1S/C22H29NO5/c1-14-7-15(2)9-19(8-14)27-13-22(25)28-12-21(24)20-10-16(3)23(18(20)5)17(4)11-26-6/h7-10,17H,11-13H2,1-6H3/t17-/m1/s1. The molecule has 0 saturated carbocycles. The zero-order valence-corrected chi connectivity index (χ0v) is 17.5. The Morgan fingerprint density at radius 1 is 1.00 bits per heavy atom. The van der Waals surface area contributed by atoms with Crippen LogP contribution >= 0.6 is 0 Å². The third-order valence-corrected chi connectivity index (χ3v) is 4.55. The summed E-state index contributed by atoms with van der Waals surface area (Å²) in [7, 11) is 1.65.